The van der Waals surface area contributed by atoms with Crippen molar-refractivity contribution in [2.45, 2.75) is 19.4 Å². The third kappa shape index (κ3) is 4.03. The monoisotopic (exact) mass is 326 g/mol. The molecule has 1 saturated heterocycles. The summed E-state index contributed by atoms with van der Waals surface area (Å²) < 4.78 is 0.881. The number of amides is 1. The number of para-hydroxylation sites is 1. The highest BCUT2D eigenvalue weighted by Crippen LogP contribution is 2.22. The van der Waals surface area contributed by atoms with Crippen LogP contribution in [0.25, 0.3) is 0 Å². The minimum absolute atomic E-state index is 0.0156. The number of nitrogens with zero attached hydrogens (tertiary/aromatic N) is 1. The molecule has 1 aromatic carbocycles. The van der Waals surface area contributed by atoms with Gasteiger partial charge < -0.3 is 10.4 Å². The first-order valence-electron chi connectivity index (χ1n) is 6.51. The first kappa shape index (κ1) is 14.5. The lowest BCUT2D eigenvalue weighted by atomic mass is 10.0. The van der Waals surface area contributed by atoms with Crippen LogP contribution >= 0.6 is 15.9 Å². The van der Waals surface area contributed by atoms with Gasteiger partial charge in [0.15, 0.2) is 0 Å². The molecule has 1 aliphatic rings. The van der Waals surface area contributed by atoms with Gasteiger partial charge in [-0.15, -0.1) is 0 Å². The van der Waals surface area contributed by atoms with Crippen molar-refractivity contribution in [3.8, 4) is 0 Å². The summed E-state index contributed by atoms with van der Waals surface area (Å²) in [6.45, 7) is 3.86. The van der Waals surface area contributed by atoms with Gasteiger partial charge in [-0.25, -0.2) is 0 Å². The summed E-state index contributed by atoms with van der Waals surface area (Å²) in [6.07, 6.45) is 0.663. The van der Waals surface area contributed by atoms with Crippen LogP contribution in [0, 0.1) is 5.92 Å². The lowest BCUT2D eigenvalue weighted by molar-refractivity contribution is -0.117. The van der Waals surface area contributed by atoms with E-state index in [-0.39, 0.29) is 17.9 Å². The Labute approximate surface area is 121 Å². The Morgan fingerprint density at radius 2 is 2.32 bits per heavy atom. The fourth-order valence-corrected chi connectivity index (χ4v) is 2.74. The van der Waals surface area contributed by atoms with Crippen molar-refractivity contribution in [1.29, 1.82) is 0 Å². The molecule has 2 rings (SSSR count). The molecular formula is C14H19BrN2O2. The second-order valence-corrected chi connectivity index (χ2v) is 5.91. The molecule has 1 aromatic rings. The standard InChI is InChI=1S/C14H19BrN2O2/c1-10(18)11-6-7-17(8-11)9-14(19)16-13-5-3-2-4-12(13)15/h2-5,10-11,18H,6-9H2,1H3,(H,16,19). The first-order chi connectivity index (χ1) is 9.06. The molecule has 0 bridgehead atoms. The predicted molar refractivity (Wildman–Crippen MR) is 79.0 cm³/mol. The van der Waals surface area contributed by atoms with Gasteiger partial charge in [0.05, 0.1) is 18.3 Å². The molecule has 104 valence electrons. The van der Waals surface area contributed by atoms with E-state index in [9.17, 15) is 9.90 Å². The number of hydrogen-bond donors (Lipinski definition) is 2. The molecule has 1 heterocycles. The van der Waals surface area contributed by atoms with Gasteiger partial charge in [-0.05, 0) is 53.9 Å². The molecule has 2 unspecified atom stereocenters. The van der Waals surface area contributed by atoms with E-state index in [2.05, 4.69) is 26.1 Å². The highest BCUT2D eigenvalue weighted by atomic mass is 79.9. The van der Waals surface area contributed by atoms with E-state index in [0.717, 1.165) is 29.7 Å². The maximum atomic E-state index is 12.0. The fraction of sp³-hybridized carbons (Fsp3) is 0.500. The summed E-state index contributed by atoms with van der Waals surface area (Å²) in [4.78, 5) is 14.0. The van der Waals surface area contributed by atoms with Crippen LogP contribution in [0.2, 0.25) is 0 Å². The van der Waals surface area contributed by atoms with Gasteiger partial charge in [-0.2, -0.15) is 0 Å². The van der Waals surface area contributed by atoms with Crippen molar-refractivity contribution in [1.82, 2.24) is 4.90 Å². The summed E-state index contributed by atoms with van der Waals surface area (Å²) in [5, 5.41) is 12.4. The maximum Gasteiger partial charge on any atom is 0.238 e. The van der Waals surface area contributed by atoms with E-state index in [1.165, 1.54) is 0 Å². The number of carbonyl (C=O) groups excluding carboxylic acids is 1. The van der Waals surface area contributed by atoms with Crippen LogP contribution < -0.4 is 5.32 Å². The topological polar surface area (TPSA) is 52.6 Å². The van der Waals surface area contributed by atoms with Gasteiger partial charge in [-0.1, -0.05) is 12.1 Å². The zero-order chi connectivity index (χ0) is 13.8. The van der Waals surface area contributed by atoms with E-state index in [4.69, 9.17) is 0 Å². The largest absolute Gasteiger partial charge is 0.393 e. The van der Waals surface area contributed by atoms with Gasteiger partial charge in [0.2, 0.25) is 5.91 Å². The van der Waals surface area contributed by atoms with Crippen LogP contribution in [0.1, 0.15) is 13.3 Å². The Hall–Kier alpha value is -0.910. The molecule has 0 aromatic heterocycles. The number of likely N-dealkylation sites (tertiary alicyclic amines) is 1. The second kappa shape index (κ2) is 6.50. The zero-order valence-electron chi connectivity index (χ0n) is 11.0. The Balaban J connectivity index is 1.84. The van der Waals surface area contributed by atoms with E-state index in [0.29, 0.717) is 6.54 Å². The Morgan fingerprint density at radius 1 is 1.58 bits per heavy atom. The highest BCUT2D eigenvalue weighted by Gasteiger charge is 2.27. The number of aliphatic hydroxyl groups excluding tert-OH is 1. The number of carbonyl (C=O) groups is 1. The van der Waals surface area contributed by atoms with E-state index < -0.39 is 0 Å². The smallest absolute Gasteiger partial charge is 0.238 e. The van der Waals surface area contributed by atoms with Crippen molar-refractivity contribution in [2.75, 3.05) is 25.0 Å². The first-order valence-corrected chi connectivity index (χ1v) is 7.30. The third-order valence-electron chi connectivity index (χ3n) is 3.51. The molecule has 0 spiro atoms. The number of rotatable bonds is 4. The summed E-state index contributed by atoms with van der Waals surface area (Å²) in [5.74, 6) is 0.273. The minimum Gasteiger partial charge on any atom is -0.393 e. The van der Waals surface area contributed by atoms with E-state index in [1.54, 1.807) is 0 Å². The number of aliphatic hydroxyl groups is 1. The molecular weight excluding hydrogens is 308 g/mol. The van der Waals surface area contributed by atoms with Gasteiger partial charge >= 0.3 is 0 Å². The van der Waals surface area contributed by atoms with E-state index >= 15 is 0 Å². The number of halogens is 1. The molecule has 2 atom stereocenters. The molecule has 4 nitrogen and oxygen atoms in total. The SMILES string of the molecule is CC(O)C1CCN(CC(=O)Nc2ccccc2Br)C1. The van der Waals surface area contributed by atoms with Crippen LogP contribution in [0.3, 0.4) is 0 Å². The van der Waals surface area contributed by atoms with Gasteiger partial charge in [0.25, 0.3) is 0 Å². The van der Waals surface area contributed by atoms with Crippen LogP contribution in [-0.2, 0) is 4.79 Å². The third-order valence-corrected chi connectivity index (χ3v) is 4.20. The zero-order valence-corrected chi connectivity index (χ0v) is 12.6. The van der Waals surface area contributed by atoms with Gasteiger partial charge in [-0.3, -0.25) is 9.69 Å². The number of hydrogen-bond acceptors (Lipinski definition) is 3. The van der Waals surface area contributed by atoms with Crippen molar-refractivity contribution in [2.24, 2.45) is 5.92 Å². The summed E-state index contributed by atoms with van der Waals surface area (Å²) in [7, 11) is 0. The molecule has 2 N–H and O–H groups in total. The minimum atomic E-state index is -0.295. The van der Waals surface area contributed by atoms with Gasteiger partial charge in [0, 0.05) is 11.0 Å². The molecule has 1 aliphatic heterocycles. The highest BCUT2D eigenvalue weighted by molar-refractivity contribution is 9.10. The molecule has 0 aliphatic carbocycles. The van der Waals surface area contributed by atoms with Crippen LogP contribution in [0.15, 0.2) is 28.7 Å². The quantitative estimate of drug-likeness (QED) is 0.890. The maximum absolute atomic E-state index is 12.0. The molecule has 0 saturated carbocycles. The normalized spacial score (nSPS) is 21.3. The molecule has 0 radical (unpaired) electrons. The Kier molecular flexibility index (Phi) is 4.96. The number of nitrogens with one attached hydrogen (secondary N) is 1. The fourth-order valence-electron chi connectivity index (χ4n) is 2.36. The lowest BCUT2D eigenvalue weighted by Gasteiger charge is -2.17. The number of anilines is 1. The summed E-state index contributed by atoms with van der Waals surface area (Å²) in [5.41, 5.74) is 0.791. The van der Waals surface area contributed by atoms with Crippen LogP contribution in [0.4, 0.5) is 5.69 Å². The molecule has 1 amide bonds. The molecule has 19 heavy (non-hydrogen) atoms. The van der Waals surface area contributed by atoms with Crippen molar-refractivity contribution in [3.05, 3.63) is 28.7 Å². The van der Waals surface area contributed by atoms with Crippen molar-refractivity contribution < 1.29 is 9.90 Å². The second-order valence-electron chi connectivity index (χ2n) is 5.05. The summed E-state index contributed by atoms with van der Waals surface area (Å²) >= 11 is 3.40. The van der Waals surface area contributed by atoms with Crippen molar-refractivity contribution >= 4 is 27.5 Å². The van der Waals surface area contributed by atoms with Crippen LogP contribution in [0.5, 0.6) is 0 Å². The predicted octanol–water partition coefficient (Wildman–Crippen LogP) is 2.09. The average molecular weight is 327 g/mol. The van der Waals surface area contributed by atoms with E-state index in [1.807, 2.05) is 31.2 Å². The average Bonchev–Trinajstić information content (AvgIpc) is 2.80. The number of benzene rings is 1. The van der Waals surface area contributed by atoms with Crippen LogP contribution in [-0.4, -0.2) is 41.7 Å². The van der Waals surface area contributed by atoms with Crippen molar-refractivity contribution in [3.63, 3.8) is 0 Å². The lowest BCUT2D eigenvalue weighted by Crippen LogP contribution is -2.32. The van der Waals surface area contributed by atoms with Gasteiger partial charge in [0.1, 0.15) is 0 Å². The molecule has 1 fully saturated rings. The Morgan fingerprint density at radius 3 is 2.95 bits per heavy atom. The Bertz CT molecular complexity index is 451. The summed E-state index contributed by atoms with van der Waals surface area (Å²) in [6, 6.07) is 7.56. The molecule has 5 heteroatoms.